The Bertz CT molecular complexity index is 909. The van der Waals surface area contributed by atoms with Crippen LogP contribution in [0.25, 0.3) is 0 Å². The van der Waals surface area contributed by atoms with Gasteiger partial charge in [-0.2, -0.15) is 0 Å². The molecule has 172 valence electrons. The van der Waals surface area contributed by atoms with Gasteiger partial charge in [-0.15, -0.1) is 0 Å². The molecule has 0 spiro atoms. The van der Waals surface area contributed by atoms with Crippen LogP contribution in [0.2, 0.25) is 0 Å². The Morgan fingerprint density at radius 2 is 1.88 bits per heavy atom. The number of methoxy groups -OCH3 is 1. The summed E-state index contributed by atoms with van der Waals surface area (Å²) in [6.07, 6.45) is 5.22. The lowest BCUT2D eigenvalue weighted by molar-refractivity contribution is -0.123. The number of rotatable bonds is 9. The molecule has 0 aromatic heterocycles. The van der Waals surface area contributed by atoms with E-state index in [1.807, 2.05) is 12.1 Å². The van der Waals surface area contributed by atoms with Crippen LogP contribution in [0, 0.1) is 5.41 Å². The number of benzene rings is 2. The molecule has 2 unspecified atom stereocenters. The molecule has 5 nitrogen and oxygen atoms in total. The van der Waals surface area contributed by atoms with Crippen molar-refractivity contribution in [1.29, 1.82) is 0 Å². The van der Waals surface area contributed by atoms with Crippen LogP contribution in [0.4, 0.5) is 0 Å². The van der Waals surface area contributed by atoms with Gasteiger partial charge in [0.2, 0.25) is 0 Å². The second kappa shape index (κ2) is 10.1. The number of Topliss-reactive ketones (excluding diaryl/α,β-unsaturated/α-hetero) is 1. The van der Waals surface area contributed by atoms with Crippen LogP contribution in [0.1, 0.15) is 56.1 Å². The number of aliphatic hydroxyl groups excluding tert-OH is 1. The summed E-state index contributed by atoms with van der Waals surface area (Å²) in [5.41, 5.74) is 2.18. The molecule has 32 heavy (non-hydrogen) atoms. The minimum Gasteiger partial charge on any atom is -0.493 e. The average molecular weight is 438 g/mol. The average Bonchev–Trinajstić information content (AvgIpc) is 3.41. The quantitative estimate of drug-likeness (QED) is 0.623. The number of hydrogen-bond acceptors (Lipinski definition) is 5. The molecule has 1 N–H and O–H groups in total. The molecule has 2 aliphatic rings. The number of nitrogens with zero attached hydrogens (tertiary/aromatic N) is 1. The van der Waals surface area contributed by atoms with Gasteiger partial charge in [0.1, 0.15) is 6.61 Å². The van der Waals surface area contributed by atoms with E-state index < -0.39 is 6.61 Å². The SMILES string of the molecule is COc1ccc(C2CN(Cc3ccccc3)CC2(C)CC(=O)CO)cc1OC1CCCC1. The Hall–Kier alpha value is -2.37. The Kier molecular flexibility index (Phi) is 7.17. The van der Waals surface area contributed by atoms with Crippen LogP contribution in [-0.2, 0) is 11.3 Å². The minimum atomic E-state index is -0.403. The second-order valence-electron chi connectivity index (χ2n) is 9.67. The fourth-order valence-electron chi connectivity index (χ4n) is 5.51. The van der Waals surface area contributed by atoms with Crippen molar-refractivity contribution in [3.05, 3.63) is 59.7 Å². The molecular weight excluding hydrogens is 402 g/mol. The highest BCUT2D eigenvalue weighted by atomic mass is 16.5. The van der Waals surface area contributed by atoms with Crippen molar-refractivity contribution in [1.82, 2.24) is 4.90 Å². The summed E-state index contributed by atoms with van der Waals surface area (Å²) >= 11 is 0. The third kappa shape index (κ3) is 5.16. The number of ketones is 1. The maximum absolute atomic E-state index is 12.3. The van der Waals surface area contributed by atoms with E-state index in [1.54, 1.807) is 7.11 Å². The van der Waals surface area contributed by atoms with Gasteiger partial charge >= 0.3 is 0 Å². The van der Waals surface area contributed by atoms with E-state index in [0.717, 1.165) is 44.0 Å². The molecule has 1 aliphatic carbocycles. The Morgan fingerprint density at radius 3 is 2.56 bits per heavy atom. The van der Waals surface area contributed by atoms with Crippen molar-refractivity contribution in [2.24, 2.45) is 5.41 Å². The highest BCUT2D eigenvalue weighted by Gasteiger charge is 2.45. The number of ether oxygens (including phenoxy) is 2. The van der Waals surface area contributed by atoms with Gasteiger partial charge in [0.15, 0.2) is 17.3 Å². The molecule has 0 radical (unpaired) electrons. The maximum atomic E-state index is 12.3. The minimum absolute atomic E-state index is 0.102. The van der Waals surface area contributed by atoms with Crippen LogP contribution >= 0.6 is 0 Å². The molecule has 0 amide bonds. The number of aliphatic hydroxyl groups is 1. The Balaban J connectivity index is 1.61. The third-order valence-electron chi connectivity index (χ3n) is 7.08. The predicted octanol–water partition coefficient (Wildman–Crippen LogP) is 4.57. The molecule has 1 heterocycles. The number of carbonyl (C=O) groups excluding carboxylic acids is 1. The van der Waals surface area contributed by atoms with Crippen LogP contribution in [0.15, 0.2) is 48.5 Å². The summed E-state index contributed by atoms with van der Waals surface area (Å²) in [6, 6.07) is 16.7. The van der Waals surface area contributed by atoms with Crippen LogP contribution in [0.5, 0.6) is 11.5 Å². The van der Waals surface area contributed by atoms with Crippen LogP contribution in [0.3, 0.4) is 0 Å². The maximum Gasteiger partial charge on any atom is 0.161 e. The first kappa shape index (κ1) is 22.8. The van der Waals surface area contributed by atoms with E-state index in [0.29, 0.717) is 6.42 Å². The lowest BCUT2D eigenvalue weighted by atomic mass is 9.73. The standard InChI is InChI=1S/C27H35NO4/c1-27(15-22(30)18-29)19-28(16-20-8-4-3-5-9-20)17-24(27)21-12-13-25(31-2)26(14-21)32-23-10-6-7-11-23/h3-5,8-9,12-14,23-24,29H,6-7,10-11,15-19H2,1-2H3. The van der Waals surface area contributed by atoms with E-state index in [1.165, 1.54) is 24.0 Å². The van der Waals surface area contributed by atoms with Crippen molar-refractivity contribution < 1.29 is 19.4 Å². The van der Waals surface area contributed by atoms with Gasteiger partial charge in [-0.1, -0.05) is 43.3 Å². The van der Waals surface area contributed by atoms with Gasteiger partial charge in [0, 0.05) is 32.0 Å². The molecule has 4 rings (SSSR count). The summed E-state index contributed by atoms with van der Waals surface area (Å²) in [5, 5.41) is 9.44. The van der Waals surface area contributed by atoms with Gasteiger partial charge in [-0.25, -0.2) is 0 Å². The summed E-state index contributed by atoms with van der Waals surface area (Å²) in [5.74, 6) is 1.62. The number of hydrogen-bond donors (Lipinski definition) is 1. The second-order valence-corrected chi connectivity index (χ2v) is 9.67. The monoisotopic (exact) mass is 437 g/mol. The van der Waals surface area contributed by atoms with Gasteiger partial charge in [0.25, 0.3) is 0 Å². The molecule has 1 saturated heterocycles. The number of carbonyl (C=O) groups is 1. The normalized spacial score (nSPS) is 24.0. The summed E-state index contributed by atoms with van der Waals surface area (Å²) in [7, 11) is 1.68. The number of likely N-dealkylation sites (tertiary alicyclic amines) is 1. The van der Waals surface area contributed by atoms with Crippen molar-refractivity contribution in [3.63, 3.8) is 0 Å². The molecule has 2 atom stereocenters. The molecule has 1 aliphatic heterocycles. The molecule has 2 aromatic rings. The zero-order chi connectivity index (χ0) is 22.6. The highest BCUT2D eigenvalue weighted by molar-refractivity contribution is 5.80. The van der Waals surface area contributed by atoms with Crippen molar-refractivity contribution in [2.45, 2.75) is 57.6 Å². The lowest BCUT2D eigenvalue weighted by Crippen LogP contribution is -2.30. The van der Waals surface area contributed by atoms with Crippen LogP contribution < -0.4 is 9.47 Å². The zero-order valence-corrected chi connectivity index (χ0v) is 19.3. The lowest BCUT2D eigenvalue weighted by Gasteiger charge is -2.31. The molecule has 1 saturated carbocycles. The van der Waals surface area contributed by atoms with Crippen molar-refractivity contribution in [3.8, 4) is 11.5 Å². The van der Waals surface area contributed by atoms with E-state index in [9.17, 15) is 9.90 Å². The molecule has 2 fully saturated rings. The van der Waals surface area contributed by atoms with E-state index in [4.69, 9.17) is 9.47 Å². The largest absolute Gasteiger partial charge is 0.493 e. The predicted molar refractivity (Wildman–Crippen MR) is 125 cm³/mol. The fraction of sp³-hybridized carbons (Fsp3) is 0.519. The Labute approximate surface area is 191 Å². The van der Waals surface area contributed by atoms with Gasteiger partial charge in [0.05, 0.1) is 13.2 Å². The zero-order valence-electron chi connectivity index (χ0n) is 19.3. The van der Waals surface area contributed by atoms with Crippen LogP contribution in [-0.4, -0.2) is 48.7 Å². The molecule has 2 aromatic carbocycles. The van der Waals surface area contributed by atoms with E-state index >= 15 is 0 Å². The third-order valence-corrected chi connectivity index (χ3v) is 7.08. The summed E-state index contributed by atoms with van der Waals surface area (Å²) in [4.78, 5) is 14.7. The smallest absolute Gasteiger partial charge is 0.161 e. The molecule has 0 bridgehead atoms. The highest BCUT2D eigenvalue weighted by Crippen LogP contribution is 2.47. The molecule has 5 heteroatoms. The molecular formula is C27H35NO4. The summed E-state index contributed by atoms with van der Waals surface area (Å²) < 4.78 is 11.9. The van der Waals surface area contributed by atoms with E-state index in [2.05, 4.69) is 48.2 Å². The summed E-state index contributed by atoms with van der Waals surface area (Å²) in [6.45, 7) is 4.29. The first-order valence-electron chi connectivity index (χ1n) is 11.7. The van der Waals surface area contributed by atoms with Crippen molar-refractivity contribution in [2.75, 3.05) is 26.8 Å². The Morgan fingerprint density at radius 1 is 1.12 bits per heavy atom. The fourth-order valence-corrected chi connectivity index (χ4v) is 5.51. The van der Waals surface area contributed by atoms with Gasteiger partial charge in [-0.3, -0.25) is 9.69 Å². The topological polar surface area (TPSA) is 59.0 Å². The first-order chi connectivity index (χ1) is 15.5. The van der Waals surface area contributed by atoms with E-state index in [-0.39, 0.29) is 23.2 Å². The van der Waals surface area contributed by atoms with Gasteiger partial charge < -0.3 is 14.6 Å². The van der Waals surface area contributed by atoms with Gasteiger partial charge in [-0.05, 0) is 54.4 Å². The van der Waals surface area contributed by atoms with Crippen molar-refractivity contribution >= 4 is 5.78 Å². The first-order valence-corrected chi connectivity index (χ1v) is 11.7.